The SMILES string of the molecule is Cc1cc(C)cc(-c2c(OCCC3CCCCN3C(=O)O)c3cc(C(=O)N(CC(C)C)CC(C)C)c(Cl)cc3[nH]c2=O)c1. The third-order valence-electron chi connectivity index (χ3n) is 7.82. The lowest BCUT2D eigenvalue weighted by molar-refractivity contribution is 0.0715. The number of nitrogens with zero attached hydrogens (tertiary/aromatic N) is 2. The smallest absolute Gasteiger partial charge is 0.407 e. The molecule has 1 aliphatic heterocycles. The topological polar surface area (TPSA) is 103 Å². The van der Waals surface area contributed by atoms with Crippen molar-refractivity contribution in [2.75, 3.05) is 26.2 Å². The summed E-state index contributed by atoms with van der Waals surface area (Å²) < 4.78 is 6.45. The summed E-state index contributed by atoms with van der Waals surface area (Å²) in [5.41, 5.74) is 3.59. The van der Waals surface area contributed by atoms with Crippen LogP contribution in [0.1, 0.15) is 74.9 Å². The van der Waals surface area contributed by atoms with Gasteiger partial charge in [0.1, 0.15) is 5.75 Å². The van der Waals surface area contributed by atoms with Gasteiger partial charge in [0.25, 0.3) is 11.5 Å². The maximum Gasteiger partial charge on any atom is 0.407 e. The van der Waals surface area contributed by atoms with Crippen LogP contribution < -0.4 is 10.3 Å². The molecule has 2 heterocycles. The Morgan fingerprint density at radius 2 is 1.70 bits per heavy atom. The summed E-state index contributed by atoms with van der Waals surface area (Å²) in [5, 5.41) is 10.5. The number of hydrogen-bond donors (Lipinski definition) is 2. The molecule has 0 aliphatic carbocycles. The summed E-state index contributed by atoms with van der Waals surface area (Å²) >= 11 is 6.70. The molecule has 43 heavy (non-hydrogen) atoms. The molecule has 4 rings (SSSR count). The van der Waals surface area contributed by atoms with E-state index in [0.29, 0.717) is 59.4 Å². The zero-order valence-corrected chi connectivity index (χ0v) is 26.9. The number of amides is 2. The van der Waals surface area contributed by atoms with Crippen molar-refractivity contribution in [2.24, 2.45) is 11.8 Å². The molecule has 0 radical (unpaired) electrons. The number of H-pyrrole nitrogens is 1. The van der Waals surface area contributed by atoms with E-state index in [2.05, 4.69) is 32.7 Å². The van der Waals surface area contributed by atoms with Gasteiger partial charge in [-0.1, -0.05) is 68.6 Å². The normalized spacial score (nSPS) is 15.4. The maximum absolute atomic E-state index is 13.9. The van der Waals surface area contributed by atoms with Crippen LogP contribution in [0.15, 0.2) is 35.1 Å². The number of aromatic amines is 1. The van der Waals surface area contributed by atoms with Crippen LogP contribution in [0, 0.1) is 25.7 Å². The molecule has 0 bridgehead atoms. The van der Waals surface area contributed by atoms with Gasteiger partial charge in [-0.05, 0) is 62.6 Å². The van der Waals surface area contributed by atoms with Gasteiger partial charge in [-0.15, -0.1) is 0 Å². The number of aromatic nitrogens is 1. The zero-order chi connectivity index (χ0) is 31.4. The third kappa shape index (κ3) is 7.71. The van der Waals surface area contributed by atoms with Crippen molar-refractivity contribution in [3.8, 4) is 16.9 Å². The first-order valence-electron chi connectivity index (χ1n) is 15.3. The van der Waals surface area contributed by atoms with Gasteiger partial charge in [-0.25, -0.2) is 4.79 Å². The second-order valence-electron chi connectivity index (χ2n) is 12.7. The number of benzene rings is 2. The van der Waals surface area contributed by atoms with E-state index in [1.807, 2.05) is 36.9 Å². The summed E-state index contributed by atoms with van der Waals surface area (Å²) in [6, 6.07) is 9.13. The molecule has 8 nitrogen and oxygen atoms in total. The highest BCUT2D eigenvalue weighted by Gasteiger charge is 2.27. The summed E-state index contributed by atoms with van der Waals surface area (Å²) in [6.45, 7) is 14.2. The van der Waals surface area contributed by atoms with Gasteiger partial charge in [-0.3, -0.25) is 9.59 Å². The number of rotatable bonds is 10. The molecule has 2 amide bonds. The van der Waals surface area contributed by atoms with Crippen molar-refractivity contribution < 1.29 is 19.4 Å². The van der Waals surface area contributed by atoms with Crippen LogP contribution in [-0.4, -0.2) is 64.2 Å². The van der Waals surface area contributed by atoms with Gasteiger partial charge in [-0.2, -0.15) is 0 Å². The Morgan fingerprint density at radius 3 is 2.30 bits per heavy atom. The van der Waals surface area contributed by atoms with Gasteiger partial charge in [0.2, 0.25) is 0 Å². The average molecular weight is 610 g/mol. The Labute approximate surface area is 259 Å². The van der Waals surface area contributed by atoms with Crippen molar-refractivity contribution in [2.45, 2.75) is 73.3 Å². The number of hydrogen-bond acceptors (Lipinski definition) is 4. The van der Waals surface area contributed by atoms with E-state index >= 15 is 0 Å². The van der Waals surface area contributed by atoms with E-state index in [9.17, 15) is 19.5 Å². The van der Waals surface area contributed by atoms with Crippen LogP contribution in [0.25, 0.3) is 22.0 Å². The zero-order valence-electron chi connectivity index (χ0n) is 26.1. The van der Waals surface area contributed by atoms with Crippen molar-refractivity contribution >= 4 is 34.5 Å². The van der Waals surface area contributed by atoms with Crippen molar-refractivity contribution in [3.05, 3.63) is 62.4 Å². The standard InChI is InChI=1S/C34H44ClN3O5/c1-20(2)18-37(19-21(3)4)33(40)26-16-27-29(17-28(26)35)36-32(39)30(24-14-22(5)13-23(6)15-24)31(27)43-12-10-25-9-7-8-11-38(25)34(41)42/h13-17,20-21,25H,7-12,18-19H2,1-6H3,(H,36,39)(H,41,42). The Morgan fingerprint density at radius 1 is 1.05 bits per heavy atom. The maximum atomic E-state index is 13.9. The Kier molecular flexibility index (Phi) is 10.4. The molecule has 1 aromatic heterocycles. The number of halogens is 1. The first kappa shape index (κ1) is 32.4. The largest absolute Gasteiger partial charge is 0.492 e. The number of aryl methyl sites for hydroxylation is 2. The molecular weight excluding hydrogens is 566 g/mol. The molecule has 3 aromatic rings. The van der Waals surface area contributed by atoms with E-state index in [1.54, 1.807) is 12.1 Å². The minimum absolute atomic E-state index is 0.156. The minimum atomic E-state index is -0.924. The van der Waals surface area contributed by atoms with E-state index in [4.69, 9.17) is 16.3 Å². The molecule has 1 saturated heterocycles. The molecule has 2 aromatic carbocycles. The van der Waals surface area contributed by atoms with Gasteiger partial charge in [0.15, 0.2) is 0 Å². The lowest BCUT2D eigenvalue weighted by atomic mass is 9.98. The predicted molar refractivity (Wildman–Crippen MR) is 173 cm³/mol. The molecular formula is C34H44ClN3O5. The minimum Gasteiger partial charge on any atom is -0.492 e. The average Bonchev–Trinajstić information content (AvgIpc) is 2.91. The fourth-order valence-corrected chi connectivity index (χ4v) is 6.37. The first-order valence-corrected chi connectivity index (χ1v) is 15.6. The number of carboxylic acid groups (broad SMARTS) is 1. The number of carbonyl (C=O) groups is 2. The number of carbonyl (C=O) groups excluding carboxylic acids is 1. The fraction of sp³-hybridized carbons (Fsp3) is 0.500. The van der Waals surface area contributed by atoms with Gasteiger partial charge in [0, 0.05) is 37.5 Å². The molecule has 0 saturated carbocycles. The number of fused-ring (bicyclic) bond motifs is 1. The van der Waals surface area contributed by atoms with Crippen LogP contribution in [0.2, 0.25) is 5.02 Å². The Bertz CT molecular complexity index is 1520. The van der Waals surface area contributed by atoms with Gasteiger partial charge < -0.3 is 24.6 Å². The van der Waals surface area contributed by atoms with Crippen LogP contribution in [0.3, 0.4) is 0 Å². The number of pyridine rings is 1. The van der Waals surface area contributed by atoms with Crippen LogP contribution in [-0.2, 0) is 0 Å². The predicted octanol–water partition coefficient (Wildman–Crippen LogP) is 7.52. The molecule has 1 unspecified atom stereocenters. The molecule has 1 atom stereocenters. The molecule has 2 N–H and O–H groups in total. The highest BCUT2D eigenvalue weighted by atomic mass is 35.5. The fourth-order valence-electron chi connectivity index (χ4n) is 6.12. The van der Waals surface area contributed by atoms with Crippen molar-refractivity contribution in [1.29, 1.82) is 0 Å². The van der Waals surface area contributed by atoms with Gasteiger partial charge in [0.05, 0.1) is 28.3 Å². The molecule has 1 fully saturated rings. The highest BCUT2D eigenvalue weighted by Crippen LogP contribution is 2.37. The van der Waals surface area contributed by atoms with Crippen LogP contribution >= 0.6 is 11.6 Å². The number of ether oxygens (including phenoxy) is 1. The lowest BCUT2D eigenvalue weighted by Gasteiger charge is -2.33. The Balaban J connectivity index is 1.84. The van der Waals surface area contributed by atoms with E-state index < -0.39 is 6.09 Å². The number of likely N-dealkylation sites (tertiary alicyclic amines) is 1. The van der Waals surface area contributed by atoms with E-state index in [0.717, 1.165) is 30.4 Å². The van der Waals surface area contributed by atoms with E-state index in [-0.39, 0.29) is 41.0 Å². The van der Waals surface area contributed by atoms with Crippen molar-refractivity contribution in [3.63, 3.8) is 0 Å². The molecule has 0 spiro atoms. The van der Waals surface area contributed by atoms with Gasteiger partial charge >= 0.3 is 6.09 Å². The highest BCUT2D eigenvalue weighted by molar-refractivity contribution is 6.34. The summed E-state index contributed by atoms with van der Waals surface area (Å²) in [7, 11) is 0. The first-order chi connectivity index (χ1) is 20.3. The number of piperidine rings is 1. The van der Waals surface area contributed by atoms with Crippen LogP contribution in [0.5, 0.6) is 5.75 Å². The van der Waals surface area contributed by atoms with Crippen LogP contribution in [0.4, 0.5) is 4.79 Å². The van der Waals surface area contributed by atoms with Crippen molar-refractivity contribution in [1.82, 2.24) is 14.8 Å². The molecule has 232 valence electrons. The molecule has 1 aliphatic rings. The number of nitrogens with one attached hydrogen (secondary N) is 1. The lowest BCUT2D eigenvalue weighted by Crippen LogP contribution is -2.43. The molecule has 9 heteroatoms. The summed E-state index contributed by atoms with van der Waals surface area (Å²) in [5.74, 6) is 0.752. The second-order valence-corrected chi connectivity index (χ2v) is 13.1. The summed E-state index contributed by atoms with van der Waals surface area (Å²) in [4.78, 5) is 45.6. The second kappa shape index (κ2) is 13.8. The quantitative estimate of drug-likeness (QED) is 0.247. The summed E-state index contributed by atoms with van der Waals surface area (Å²) in [6.07, 6.45) is 2.14. The van der Waals surface area contributed by atoms with E-state index in [1.165, 1.54) is 4.90 Å². The third-order valence-corrected chi connectivity index (χ3v) is 8.14. The monoisotopic (exact) mass is 609 g/mol. The Hall–Kier alpha value is -3.52.